The summed E-state index contributed by atoms with van der Waals surface area (Å²) in [7, 11) is 1.44. The van der Waals surface area contributed by atoms with E-state index >= 15 is 0 Å². The van der Waals surface area contributed by atoms with Crippen LogP contribution < -0.4 is 15.8 Å². The minimum absolute atomic E-state index is 0.0638. The maximum Gasteiger partial charge on any atom is 0.275 e. The van der Waals surface area contributed by atoms with Gasteiger partial charge in [0.25, 0.3) is 5.91 Å². The molecule has 1 aliphatic heterocycles. The van der Waals surface area contributed by atoms with Crippen LogP contribution in [0.15, 0.2) is 46.8 Å². The zero-order valence-corrected chi connectivity index (χ0v) is 16.9. The van der Waals surface area contributed by atoms with Crippen LogP contribution in [0.2, 0.25) is 0 Å². The summed E-state index contributed by atoms with van der Waals surface area (Å²) < 4.78 is 34.6. The van der Waals surface area contributed by atoms with Gasteiger partial charge in [-0.2, -0.15) is 5.10 Å². The van der Waals surface area contributed by atoms with Gasteiger partial charge in [0, 0.05) is 11.3 Å². The maximum absolute atomic E-state index is 14.5. The normalized spacial score (nSPS) is 19.5. The number of carbonyl (C=O) groups is 1. The van der Waals surface area contributed by atoms with Crippen molar-refractivity contribution in [1.29, 1.82) is 0 Å². The second kappa shape index (κ2) is 8.01. The molecule has 1 aliphatic rings. The molecule has 9 nitrogen and oxygen atoms in total. The van der Waals surface area contributed by atoms with Gasteiger partial charge < -0.3 is 15.8 Å². The van der Waals surface area contributed by atoms with Crippen molar-refractivity contribution in [3.63, 3.8) is 0 Å². The second-order valence-corrected chi connectivity index (χ2v) is 6.94. The number of nitrogens with zero attached hydrogens (tertiary/aromatic N) is 5. The van der Waals surface area contributed by atoms with E-state index in [9.17, 15) is 13.6 Å². The van der Waals surface area contributed by atoms with E-state index < -0.39 is 23.1 Å². The van der Waals surface area contributed by atoms with Crippen LogP contribution in [0.4, 0.5) is 8.78 Å². The lowest BCUT2D eigenvalue weighted by Crippen LogP contribution is -2.41. The number of amidine groups is 1. The van der Waals surface area contributed by atoms with Crippen LogP contribution in [-0.4, -0.2) is 44.1 Å². The van der Waals surface area contributed by atoms with Crippen LogP contribution >= 0.6 is 0 Å². The number of hydrogen-bond acceptors (Lipinski definition) is 7. The number of nitrogens with two attached hydrogens (primary N) is 1. The van der Waals surface area contributed by atoms with Crippen molar-refractivity contribution in [1.82, 2.24) is 25.1 Å². The van der Waals surface area contributed by atoms with Gasteiger partial charge in [-0.05, 0) is 26.8 Å². The molecule has 158 valence electrons. The summed E-state index contributed by atoms with van der Waals surface area (Å²) in [4.78, 5) is 24.6. The number of amides is 1. The fraction of sp³-hybridized carbons (Fsp3) is 0.316. The Morgan fingerprint density at radius 3 is 2.67 bits per heavy atom. The van der Waals surface area contributed by atoms with Crippen LogP contribution in [0.25, 0.3) is 0 Å². The third kappa shape index (κ3) is 4.04. The summed E-state index contributed by atoms with van der Waals surface area (Å²) in [6, 6.07) is 0. The smallest absolute Gasteiger partial charge is 0.275 e. The SMILES string of the molecule is COc1cnc(C(=O)N/C(C)=C/C(=C(\C)F)C2(C)Cn3ncc(F)c3C(N)=N2)cn1. The molecule has 2 aromatic heterocycles. The Labute approximate surface area is 171 Å². The number of ether oxygens (including phenoxy) is 1. The van der Waals surface area contributed by atoms with E-state index in [1.165, 1.54) is 37.2 Å². The molecule has 0 radical (unpaired) electrons. The largest absolute Gasteiger partial charge is 0.480 e. The van der Waals surface area contributed by atoms with E-state index in [1.54, 1.807) is 13.8 Å². The molecule has 0 spiro atoms. The van der Waals surface area contributed by atoms with Crippen LogP contribution in [0.5, 0.6) is 5.88 Å². The van der Waals surface area contributed by atoms with E-state index in [0.717, 1.165) is 6.20 Å². The van der Waals surface area contributed by atoms with Crippen molar-refractivity contribution >= 4 is 11.7 Å². The number of carbonyl (C=O) groups excluding carboxylic acids is 1. The van der Waals surface area contributed by atoms with E-state index in [2.05, 4.69) is 25.4 Å². The molecule has 0 fully saturated rings. The number of methoxy groups -OCH3 is 1. The number of aromatic nitrogens is 4. The summed E-state index contributed by atoms with van der Waals surface area (Å²) >= 11 is 0. The number of rotatable bonds is 5. The van der Waals surface area contributed by atoms with Gasteiger partial charge in [0.15, 0.2) is 5.82 Å². The fourth-order valence-electron chi connectivity index (χ4n) is 3.19. The van der Waals surface area contributed by atoms with Crippen molar-refractivity contribution in [3.8, 4) is 5.88 Å². The first-order valence-electron chi connectivity index (χ1n) is 8.94. The molecular weight excluding hydrogens is 396 g/mol. The topological polar surface area (TPSA) is 120 Å². The Kier molecular flexibility index (Phi) is 5.63. The van der Waals surface area contributed by atoms with Crippen LogP contribution in [0, 0.1) is 5.82 Å². The first-order valence-corrected chi connectivity index (χ1v) is 8.94. The third-order valence-corrected chi connectivity index (χ3v) is 4.56. The molecule has 1 atom stereocenters. The zero-order chi connectivity index (χ0) is 22.1. The fourth-order valence-corrected chi connectivity index (χ4v) is 3.19. The number of fused-ring (bicyclic) bond motifs is 1. The molecule has 3 heterocycles. The van der Waals surface area contributed by atoms with Crippen molar-refractivity contribution in [2.75, 3.05) is 7.11 Å². The van der Waals surface area contributed by atoms with Gasteiger partial charge in [-0.15, -0.1) is 0 Å². The molecule has 1 unspecified atom stereocenters. The Morgan fingerprint density at radius 1 is 1.33 bits per heavy atom. The Balaban J connectivity index is 1.86. The Hall–Kier alpha value is -3.63. The number of allylic oxidation sites excluding steroid dienone is 2. The molecule has 1 amide bonds. The zero-order valence-electron chi connectivity index (χ0n) is 16.9. The molecule has 0 aliphatic carbocycles. The lowest BCUT2D eigenvalue weighted by Gasteiger charge is -2.32. The van der Waals surface area contributed by atoms with Gasteiger partial charge in [0.1, 0.15) is 28.6 Å². The summed E-state index contributed by atoms with van der Waals surface area (Å²) in [5, 5.41) is 6.57. The Bertz CT molecular complexity index is 1070. The first kappa shape index (κ1) is 21.1. The predicted octanol–water partition coefficient (Wildman–Crippen LogP) is 1.88. The number of hydrogen-bond donors (Lipinski definition) is 2. The van der Waals surface area contributed by atoms with E-state index in [-0.39, 0.29) is 35.2 Å². The van der Waals surface area contributed by atoms with Crippen molar-refractivity contribution in [3.05, 3.63) is 59.0 Å². The van der Waals surface area contributed by atoms with Crippen LogP contribution in [0.3, 0.4) is 0 Å². The van der Waals surface area contributed by atoms with Gasteiger partial charge >= 0.3 is 0 Å². The van der Waals surface area contributed by atoms with E-state index in [1.807, 2.05) is 0 Å². The highest BCUT2D eigenvalue weighted by Crippen LogP contribution is 2.32. The third-order valence-electron chi connectivity index (χ3n) is 4.56. The average Bonchev–Trinajstić information content (AvgIpc) is 3.06. The molecule has 0 saturated carbocycles. The predicted molar refractivity (Wildman–Crippen MR) is 105 cm³/mol. The molecule has 11 heteroatoms. The molecule has 0 aromatic carbocycles. The summed E-state index contributed by atoms with van der Waals surface area (Å²) in [6.07, 6.45) is 5.06. The number of aliphatic imine (C=N–C) groups is 1. The number of nitrogens with one attached hydrogen (secondary N) is 1. The average molecular weight is 417 g/mol. The highest BCUT2D eigenvalue weighted by Gasteiger charge is 2.36. The van der Waals surface area contributed by atoms with Crippen LogP contribution in [0.1, 0.15) is 37.0 Å². The maximum atomic E-state index is 14.5. The van der Waals surface area contributed by atoms with Crippen molar-refractivity contribution < 1.29 is 18.3 Å². The molecule has 30 heavy (non-hydrogen) atoms. The molecule has 0 bridgehead atoms. The van der Waals surface area contributed by atoms with E-state index in [4.69, 9.17) is 10.5 Å². The monoisotopic (exact) mass is 417 g/mol. The molecule has 3 N–H and O–H groups in total. The number of halogens is 2. The van der Waals surface area contributed by atoms with Gasteiger partial charge in [0.05, 0.1) is 32.2 Å². The van der Waals surface area contributed by atoms with Crippen molar-refractivity contribution in [2.24, 2.45) is 10.7 Å². The highest BCUT2D eigenvalue weighted by molar-refractivity contribution is 5.97. The minimum Gasteiger partial charge on any atom is -0.480 e. The van der Waals surface area contributed by atoms with Gasteiger partial charge in [-0.3, -0.25) is 14.5 Å². The lowest BCUT2D eigenvalue weighted by molar-refractivity contribution is 0.0960. The molecule has 2 aromatic rings. The van der Waals surface area contributed by atoms with Gasteiger partial charge in [-0.1, -0.05) is 0 Å². The summed E-state index contributed by atoms with van der Waals surface area (Å²) in [5.41, 5.74) is 5.40. The van der Waals surface area contributed by atoms with E-state index in [0.29, 0.717) is 5.70 Å². The summed E-state index contributed by atoms with van der Waals surface area (Å²) in [6.45, 7) is 4.59. The van der Waals surface area contributed by atoms with Gasteiger partial charge in [-0.25, -0.2) is 18.7 Å². The summed E-state index contributed by atoms with van der Waals surface area (Å²) in [5.74, 6) is -1.46. The highest BCUT2D eigenvalue weighted by atomic mass is 19.1. The molecular formula is C19H21F2N7O2. The first-order chi connectivity index (χ1) is 14.1. The van der Waals surface area contributed by atoms with Crippen LogP contribution in [-0.2, 0) is 6.54 Å². The standard InChI is InChI=1S/C19H21F2N7O2/c1-10(26-18(29)14-7-24-15(30-4)8-23-14)5-12(11(2)20)19(3)9-28-16(17(22)27-19)13(21)6-25-28/h5-8H,9H2,1-4H3,(H2,22,27)(H,26,29)/b10-5+,12-11-. The lowest BCUT2D eigenvalue weighted by atomic mass is 9.89. The molecule has 0 saturated heterocycles. The quantitative estimate of drug-likeness (QED) is 0.717. The van der Waals surface area contributed by atoms with Crippen molar-refractivity contribution in [2.45, 2.75) is 32.9 Å². The van der Waals surface area contributed by atoms with Gasteiger partial charge in [0.2, 0.25) is 5.88 Å². The minimum atomic E-state index is -1.15. The second-order valence-electron chi connectivity index (χ2n) is 6.94. The molecule has 3 rings (SSSR count). The Morgan fingerprint density at radius 2 is 2.07 bits per heavy atom.